The molecule has 2 rings (SSSR count). The van der Waals surface area contributed by atoms with E-state index in [1.807, 2.05) is 13.0 Å². The summed E-state index contributed by atoms with van der Waals surface area (Å²) >= 11 is 0. The van der Waals surface area contributed by atoms with Gasteiger partial charge in [-0.05, 0) is 19.1 Å². The average molecular weight is 243 g/mol. The number of hydrogen-bond donors (Lipinski definition) is 2. The van der Waals surface area contributed by atoms with E-state index in [1.54, 1.807) is 6.07 Å². The molecule has 0 aliphatic carbocycles. The van der Waals surface area contributed by atoms with Gasteiger partial charge in [-0.1, -0.05) is 0 Å². The Morgan fingerprint density at radius 2 is 2.31 bits per heavy atom. The summed E-state index contributed by atoms with van der Waals surface area (Å²) in [7, 11) is -1.12. The third kappa shape index (κ3) is 2.33. The van der Waals surface area contributed by atoms with Crippen LogP contribution in [0.2, 0.25) is 0 Å². The first kappa shape index (κ1) is 11.3. The molecule has 2 heterocycles. The maximum absolute atomic E-state index is 11.5. The van der Waals surface area contributed by atoms with Crippen LogP contribution in [-0.4, -0.2) is 32.8 Å². The zero-order valence-corrected chi connectivity index (χ0v) is 9.62. The first-order valence-electron chi connectivity index (χ1n) is 4.96. The fourth-order valence-electron chi connectivity index (χ4n) is 1.73. The highest BCUT2D eigenvalue weighted by Gasteiger charge is 2.32. The van der Waals surface area contributed by atoms with E-state index >= 15 is 0 Å². The second kappa shape index (κ2) is 4.39. The van der Waals surface area contributed by atoms with Crippen molar-refractivity contribution in [3.63, 3.8) is 0 Å². The van der Waals surface area contributed by atoms with Crippen LogP contribution in [0.1, 0.15) is 17.6 Å². The topological polar surface area (TPSA) is 79.5 Å². The van der Waals surface area contributed by atoms with Crippen molar-refractivity contribution in [2.24, 2.45) is 0 Å². The molecule has 1 fully saturated rings. The summed E-state index contributed by atoms with van der Waals surface area (Å²) in [5, 5.41) is 11.8. The Labute approximate surface area is 95.3 Å². The van der Waals surface area contributed by atoms with E-state index in [0.717, 1.165) is 5.76 Å². The van der Waals surface area contributed by atoms with Crippen molar-refractivity contribution in [1.82, 2.24) is 5.32 Å². The van der Waals surface area contributed by atoms with Crippen molar-refractivity contribution in [2.75, 3.05) is 11.5 Å². The predicted molar refractivity (Wildman–Crippen MR) is 58.6 cm³/mol. The van der Waals surface area contributed by atoms with Crippen LogP contribution in [0.3, 0.4) is 0 Å². The SMILES string of the molecule is Cc1ccc(C2CS(=O)CC(C(=O)O)N2)o1. The van der Waals surface area contributed by atoms with E-state index in [1.165, 1.54) is 0 Å². The van der Waals surface area contributed by atoms with E-state index in [-0.39, 0.29) is 11.8 Å². The summed E-state index contributed by atoms with van der Waals surface area (Å²) in [6.45, 7) is 1.82. The number of aliphatic carboxylic acids is 1. The van der Waals surface area contributed by atoms with Crippen molar-refractivity contribution in [3.8, 4) is 0 Å². The van der Waals surface area contributed by atoms with Gasteiger partial charge >= 0.3 is 5.97 Å². The molecular formula is C10H13NO4S. The lowest BCUT2D eigenvalue weighted by Gasteiger charge is -2.26. The van der Waals surface area contributed by atoms with Gasteiger partial charge in [0, 0.05) is 22.3 Å². The fraction of sp³-hybridized carbons (Fsp3) is 0.500. The third-order valence-electron chi connectivity index (χ3n) is 2.51. The summed E-state index contributed by atoms with van der Waals surface area (Å²) in [4.78, 5) is 10.9. The number of carbonyl (C=O) groups is 1. The molecule has 5 nitrogen and oxygen atoms in total. The predicted octanol–water partition coefficient (Wildman–Crippen LogP) is 0.434. The van der Waals surface area contributed by atoms with Gasteiger partial charge in [-0.2, -0.15) is 0 Å². The Morgan fingerprint density at radius 3 is 2.88 bits per heavy atom. The van der Waals surface area contributed by atoms with Crippen LogP contribution in [0.5, 0.6) is 0 Å². The maximum Gasteiger partial charge on any atom is 0.321 e. The number of carboxylic acids is 1. The van der Waals surface area contributed by atoms with Crippen LogP contribution in [0.4, 0.5) is 0 Å². The highest BCUT2D eigenvalue weighted by molar-refractivity contribution is 7.85. The monoisotopic (exact) mass is 243 g/mol. The van der Waals surface area contributed by atoms with E-state index in [9.17, 15) is 9.00 Å². The minimum Gasteiger partial charge on any atom is -0.480 e. The molecule has 1 saturated heterocycles. The van der Waals surface area contributed by atoms with Crippen molar-refractivity contribution in [2.45, 2.75) is 19.0 Å². The standard InChI is InChI=1S/C10H13NO4S/c1-6-2-3-9(15-6)7-4-16(14)5-8(11-7)10(12)13/h2-3,7-8,11H,4-5H2,1H3,(H,12,13). The number of hydrogen-bond acceptors (Lipinski definition) is 4. The van der Waals surface area contributed by atoms with Gasteiger partial charge in [0.25, 0.3) is 0 Å². The summed E-state index contributed by atoms with van der Waals surface area (Å²) in [6.07, 6.45) is 0. The van der Waals surface area contributed by atoms with Crippen LogP contribution in [0.15, 0.2) is 16.5 Å². The molecule has 16 heavy (non-hydrogen) atoms. The summed E-state index contributed by atoms with van der Waals surface area (Å²) in [5.41, 5.74) is 0. The van der Waals surface area contributed by atoms with Gasteiger partial charge < -0.3 is 9.52 Å². The number of aryl methyl sites for hydroxylation is 1. The molecule has 3 atom stereocenters. The quantitative estimate of drug-likeness (QED) is 0.787. The smallest absolute Gasteiger partial charge is 0.321 e. The van der Waals surface area contributed by atoms with Crippen molar-refractivity contribution >= 4 is 16.8 Å². The van der Waals surface area contributed by atoms with Gasteiger partial charge in [0.15, 0.2) is 0 Å². The van der Waals surface area contributed by atoms with Gasteiger partial charge in [-0.25, -0.2) is 0 Å². The third-order valence-corrected chi connectivity index (χ3v) is 3.92. The molecule has 0 bridgehead atoms. The molecule has 0 radical (unpaired) electrons. The van der Waals surface area contributed by atoms with Gasteiger partial charge in [-0.3, -0.25) is 14.3 Å². The Morgan fingerprint density at radius 1 is 1.56 bits per heavy atom. The molecule has 88 valence electrons. The highest BCUT2D eigenvalue weighted by Crippen LogP contribution is 2.21. The largest absolute Gasteiger partial charge is 0.480 e. The average Bonchev–Trinajstić information content (AvgIpc) is 2.64. The van der Waals surface area contributed by atoms with Gasteiger partial charge in [0.2, 0.25) is 0 Å². The molecule has 1 aliphatic rings. The van der Waals surface area contributed by atoms with Crippen LogP contribution in [-0.2, 0) is 15.6 Å². The lowest BCUT2D eigenvalue weighted by molar-refractivity contribution is -0.139. The van der Waals surface area contributed by atoms with E-state index in [4.69, 9.17) is 9.52 Å². The Bertz CT molecular complexity index is 428. The molecule has 6 heteroatoms. The number of carboxylic acid groups (broad SMARTS) is 1. The number of rotatable bonds is 2. The zero-order chi connectivity index (χ0) is 11.7. The van der Waals surface area contributed by atoms with Gasteiger partial charge in [0.05, 0.1) is 6.04 Å². The molecular weight excluding hydrogens is 230 g/mol. The lowest BCUT2D eigenvalue weighted by Crippen LogP contribution is -2.49. The molecule has 0 aromatic carbocycles. The van der Waals surface area contributed by atoms with E-state index in [0.29, 0.717) is 11.5 Å². The first-order valence-corrected chi connectivity index (χ1v) is 6.45. The van der Waals surface area contributed by atoms with Crippen molar-refractivity contribution < 1.29 is 18.5 Å². The van der Waals surface area contributed by atoms with Crippen molar-refractivity contribution in [1.29, 1.82) is 0 Å². The normalized spacial score (nSPS) is 30.2. The van der Waals surface area contributed by atoms with E-state index < -0.39 is 22.8 Å². The first-order chi connectivity index (χ1) is 7.56. The minimum atomic E-state index is -1.12. The molecule has 1 aliphatic heterocycles. The Balaban J connectivity index is 2.16. The number of nitrogens with one attached hydrogen (secondary N) is 1. The Hall–Kier alpha value is -1.14. The highest BCUT2D eigenvalue weighted by atomic mass is 32.2. The van der Waals surface area contributed by atoms with Crippen LogP contribution < -0.4 is 5.32 Å². The molecule has 1 aromatic heterocycles. The second-order valence-electron chi connectivity index (χ2n) is 3.83. The fourth-order valence-corrected chi connectivity index (χ4v) is 3.11. The van der Waals surface area contributed by atoms with Gasteiger partial charge in [-0.15, -0.1) is 0 Å². The molecule has 3 unspecified atom stereocenters. The molecule has 0 saturated carbocycles. The summed E-state index contributed by atoms with van der Waals surface area (Å²) in [5.74, 6) is 1.00. The molecule has 0 spiro atoms. The lowest BCUT2D eigenvalue weighted by atomic mass is 10.2. The number of furan rings is 1. The Kier molecular flexibility index (Phi) is 3.11. The minimum absolute atomic E-state index is 0.158. The van der Waals surface area contributed by atoms with E-state index in [2.05, 4.69) is 5.32 Å². The molecule has 1 aromatic rings. The maximum atomic E-state index is 11.5. The van der Waals surface area contributed by atoms with Crippen LogP contribution in [0, 0.1) is 6.92 Å². The van der Waals surface area contributed by atoms with Crippen LogP contribution in [0.25, 0.3) is 0 Å². The van der Waals surface area contributed by atoms with Crippen molar-refractivity contribution in [3.05, 3.63) is 23.7 Å². The molecule has 2 N–H and O–H groups in total. The summed E-state index contributed by atoms with van der Waals surface area (Å²) in [6, 6.07) is 2.56. The van der Waals surface area contributed by atoms with Crippen LogP contribution >= 0.6 is 0 Å². The second-order valence-corrected chi connectivity index (χ2v) is 5.38. The summed E-state index contributed by atoms with van der Waals surface area (Å²) < 4.78 is 16.9. The van der Waals surface area contributed by atoms with Gasteiger partial charge in [0.1, 0.15) is 17.6 Å². The molecule has 0 amide bonds. The zero-order valence-electron chi connectivity index (χ0n) is 8.80.